The van der Waals surface area contributed by atoms with Crippen molar-refractivity contribution >= 4 is 0 Å². The molecule has 2 heterocycles. The van der Waals surface area contributed by atoms with E-state index in [9.17, 15) is 4.39 Å². The third kappa shape index (κ3) is 4.02. The zero-order chi connectivity index (χ0) is 15.2. The molecule has 5 heteroatoms. The molecule has 3 rings (SSSR count). The minimum Gasteiger partial charge on any atom is -0.492 e. The summed E-state index contributed by atoms with van der Waals surface area (Å²) in [5, 5.41) is 0. The zero-order valence-corrected chi connectivity index (χ0v) is 12.4. The van der Waals surface area contributed by atoms with Gasteiger partial charge in [-0.2, -0.15) is 0 Å². The van der Waals surface area contributed by atoms with Crippen LogP contribution in [0.2, 0.25) is 0 Å². The van der Waals surface area contributed by atoms with Crippen molar-refractivity contribution in [3.63, 3.8) is 0 Å². The highest BCUT2D eigenvalue weighted by atomic mass is 19.1. The van der Waals surface area contributed by atoms with Crippen LogP contribution in [0.1, 0.15) is 0 Å². The maximum absolute atomic E-state index is 13.2. The van der Waals surface area contributed by atoms with Gasteiger partial charge in [-0.3, -0.25) is 9.88 Å². The molecule has 0 atom stereocenters. The SMILES string of the molecule is Fc1cncc(-c2ccc(OCCN3CCOCC3)cc2)c1. The standard InChI is InChI=1S/C17H19FN2O2/c18-16-11-15(12-19-13-16)14-1-3-17(4-2-14)22-10-7-20-5-8-21-9-6-20/h1-4,11-13H,5-10H2. The Morgan fingerprint density at radius 3 is 2.59 bits per heavy atom. The molecule has 1 aliphatic heterocycles. The van der Waals surface area contributed by atoms with E-state index in [0.717, 1.165) is 49.7 Å². The van der Waals surface area contributed by atoms with Gasteiger partial charge in [0.1, 0.15) is 18.2 Å². The van der Waals surface area contributed by atoms with Crippen LogP contribution in [0.25, 0.3) is 11.1 Å². The quantitative estimate of drug-likeness (QED) is 0.850. The Kier molecular flexibility index (Phi) is 4.98. The highest BCUT2D eigenvalue weighted by molar-refractivity contribution is 5.63. The van der Waals surface area contributed by atoms with Gasteiger partial charge in [-0.15, -0.1) is 0 Å². The van der Waals surface area contributed by atoms with Gasteiger partial charge < -0.3 is 9.47 Å². The lowest BCUT2D eigenvalue weighted by Crippen LogP contribution is -2.38. The van der Waals surface area contributed by atoms with Gasteiger partial charge >= 0.3 is 0 Å². The zero-order valence-electron chi connectivity index (χ0n) is 12.4. The van der Waals surface area contributed by atoms with E-state index in [1.807, 2.05) is 24.3 Å². The Labute approximate surface area is 129 Å². The fraction of sp³-hybridized carbons (Fsp3) is 0.353. The third-order valence-corrected chi connectivity index (χ3v) is 3.67. The summed E-state index contributed by atoms with van der Waals surface area (Å²) in [7, 11) is 0. The van der Waals surface area contributed by atoms with Gasteiger partial charge in [0.15, 0.2) is 0 Å². The summed E-state index contributed by atoms with van der Waals surface area (Å²) in [6, 6.07) is 9.11. The minimum absolute atomic E-state index is 0.330. The first-order valence-corrected chi connectivity index (χ1v) is 7.45. The van der Waals surface area contributed by atoms with Gasteiger partial charge in [0, 0.05) is 31.4 Å². The Hall–Kier alpha value is -1.98. The maximum atomic E-state index is 13.2. The molecule has 0 spiro atoms. The molecule has 0 radical (unpaired) electrons. The predicted octanol–water partition coefficient (Wildman–Crippen LogP) is 2.60. The van der Waals surface area contributed by atoms with Crippen LogP contribution in [-0.4, -0.2) is 49.3 Å². The van der Waals surface area contributed by atoms with Gasteiger partial charge in [0.2, 0.25) is 0 Å². The highest BCUT2D eigenvalue weighted by Gasteiger charge is 2.09. The van der Waals surface area contributed by atoms with E-state index in [1.165, 1.54) is 12.3 Å². The lowest BCUT2D eigenvalue weighted by Gasteiger charge is -2.26. The van der Waals surface area contributed by atoms with Crippen molar-refractivity contribution in [2.45, 2.75) is 0 Å². The van der Waals surface area contributed by atoms with Crippen molar-refractivity contribution in [3.05, 3.63) is 48.5 Å². The molecule has 116 valence electrons. The first kappa shape index (κ1) is 14.9. The fourth-order valence-corrected chi connectivity index (χ4v) is 2.43. The van der Waals surface area contributed by atoms with Crippen molar-refractivity contribution in [2.75, 3.05) is 39.5 Å². The molecule has 1 fully saturated rings. The fourth-order valence-electron chi connectivity index (χ4n) is 2.43. The topological polar surface area (TPSA) is 34.6 Å². The summed E-state index contributed by atoms with van der Waals surface area (Å²) >= 11 is 0. The molecular weight excluding hydrogens is 283 g/mol. The lowest BCUT2D eigenvalue weighted by molar-refractivity contribution is 0.0322. The van der Waals surface area contributed by atoms with Crippen molar-refractivity contribution in [1.82, 2.24) is 9.88 Å². The van der Waals surface area contributed by atoms with E-state index in [4.69, 9.17) is 9.47 Å². The largest absolute Gasteiger partial charge is 0.492 e. The summed E-state index contributed by atoms with van der Waals surface area (Å²) in [5.74, 6) is 0.490. The van der Waals surface area contributed by atoms with Crippen LogP contribution in [0, 0.1) is 5.82 Å². The van der Waals surface area contributed by atoms with Gasteiger partial charge in [-0.1, -0.05) is 12.1 Å². The van der Waals surface area contributed by atoms with Crippen LogP contribution in [0.3, 0.4) is 0 Å². The van der Waals surface area contributed by atoms with Crippen LogP contribution in [0.15, 0.2) is 42.7 Å². The van der Waals surface area contributed by atoms with E-state index in [0.29, 0.717) is 6.61 Å². The summed E-state index contributed by atoms with van der Waals surface area (Å²) in [5.41, 5.74) is 1.69. The van der Waals surface area contributed by atoms with Crippen LogP contribution in [-0.2, 0) is 4.74 Å². The monoisotopic (exact) mass is 302 g/mol. The molecule has 0 saturated carbocycles. The average Bonchev–Trinajstić information content (AvgIpc) is 2.56. The number of benzene rings is 1. The van der Waals surface area contributed by atoms with E-state index in [2.05, 4.69) is 9.88 Å². The molecule has 1 aromatic heterocycles. The highest BCUT2D eigenvalue weighted by Crippen LogP contribution is 2.22. The Balaban J connectivity index is 1.53. The summed E-state index contributed by atoms with van der Waals surface area (Å²) in [6.07, 6.45) is 2.85. The lowest BCUT2D eigenvalue weighted by atomic mass is 10.1. The molecule has 0 bridgehead atoms. The van der Waals surface area contributed by atoms with Crippen LogP contribution < -0.4 is 4.74 Å². The molecule has 1 saturated heterocycles. The summed E-state index contributed by atoms with van der Waals surface area (Å²) in [6.45, 7) is 5.09. The van der Waals surface area contributed by atoms with E-state index < -0.39 is 0 Å². The van der Waals surface area contributed by atoms with Crippen LogP contribution in [0.4, 0.5) is 4.39 Å². The van der Waals surface area contributed by atoms with Crippen molar-refractivity contribution in [3.8, 4) is 16.9 Å². The molecule has 0 unspecified atom stereocenters. The first-order chi connectivity index (χ1) is 10.8. The molecule has 0 aliphatic carbocycles. The van der Waals surface area contributed by atoms with Crippen LogP contribution in [0.5, 0.6) is 5.75 Å². The number of ether oxygens (including phenoxy) is 2. The maximum Gasteiger partial charge on any atom is 0.142 e. The van der Waals surface area contributed by atoms with Crippen molar-refractivity contribution in [1.29, 1.82) is 0 Å². The average molecular weight is 302 g/mol. The van der Waals surface area contributed by atoms with Crippen molar-refractivity contribution < 1.29 is 13.9 Å². The molecule has 4 nitrogen and oxygen atoms in total. The van der Waals surface area contributed by atoms with Gasteiger partial charge in [-0.05, 0) is 23.8 Å². The van der Waals surface area contributed by atoms with Crippen LogP contribution >= 0.6 is 0 Å². The Morgan fingerprint density at radius 1 is 1.09 bits per heavy atom. The predicted molar refractivity (Wildman–Crippen MR) is 82.4 cm³/mol. The van der Waals surface area contributed by atoms with E-state index in [-0.39, 0.29) is 5.82 Å². The number of aromatic nitrogens is 1. The van der Waals surface area contributed by atoms with Gasteiger partial charge in [0.25, 0.3) is 0 Å². The Morgan fingerprint density at radius 2 is 1.86 bits per heavy atom. The molecule has 1 aliphatic rings. The molecular formula is C17H19FN2O2. The summed E-state index contributed by atoms with van der Waals surface area (Å²) in [4.78, 5) is 6.19. The molecule has 0 N–H and O–H groups in total. The van der Waals surface area contributed by atoms with Gasteiger partial charge in [-0.25, -0.2) is 4.39 Å². The Bertz CT molecular complexity index is 598. The number of hydrogen-bond acceptors (Lipinski definition) is 4. The summed E-state index contributed by atoms with van der Waals surface area (Å²) < 4.78 is 24.2. The second-order valence-corrected chi connectivity index (χ2v) is 5.22. The number of morpholine rings is 1. The number of halogens is 1. The normalized spacial score (nSPS) is 15.7. The van der Waals surface area contributed by atoms with E-state index in [1.54, 1.807) is 6.20 Å². The second-order valence-electron chi connectivity index (χ2n) is 5.22. The number of nitrogens with zero attached hydrogens (tertiary/aromatic N) is 2. The molecule has 0 amide bonds. The smallest absolute Gasteiger partial charge is 0.142 e. The second kappa shape index (κ2) is 7.33. The third-order valence-electron chi connectivity index (χ3n) is 3.67. The van der Waals surface area contributed by atoms with E-state index >= 15 is 0 Å². The van der Waals surface area contributed by atoms with Crippen molar-refractivity contribution in [2.24, 2.45) is 0 Å². The molecule has 22 heavy (non-hydrogen) atoms. The minimum atomic E-state index is -0.330. The number of rotatable bonds is 5. The first-order valence-electron chi connectivity index (χ1n) is 7.45. The number of pyridine rings is 1. The molecule has 1 aromatic carbocycles. The van der Waals surface area contributed by atoms with Gasteiger partial charge in [0.05, 0.1) is 19.4 Å². The number of hydrogen-bond donors (Lipinski definition) is 0. The molecule has 2 aromatic rings.